The number of carbonyl (C=O) groups excluding carboxylic acids is 1. The van der Waals surface area contributed by atoms with E-state index in [-0.39, 0.29) is 6.42 Å². The van der Waals surface area contributed by atoms with Crippen LogP contribution in [0, 0.1) is 5.92 Å². The minimum Gasteiger partial charge on any atom is -0.391 e. The molecule has 1 aromatic rings. The molecule has 1 aromatic carbocycles. The fourth-order valence-corrected chi connectivity index (χ4v) is 3.78. The maximum absolute atomic E-state index is 12.2. The number of hydroxylamine groups is 1. The van der Waals surface area contributed by atoms with E-state index in [1.54, 1.807) is 5.48 Å². The van der Waals surface area contributed by atoms with Crippen molar-refractivity contribution in [2.45, 2.75) is 69.1 Å². The van der Waals surface area contributed by atoms with Crippen LogP contribution in [0.25, 0.3) is 0 Å². The van der Waals surface area contributed by atoms with Crippen molar-refractivity contribution >= 4 is 5.91 Å². The third kappa shape index (κ3) is 5.51. The summed E-state index contributed by atoms with van der Waals surface area (Å²) in [4.78, 5) is 12.2. The van der Waals surface area contributed by atoms with Crippen LogP contribution in [0.1, 0.15) is 50.5 Å². The van der Waals surface area contributed by atoms with Gasteiger partial charge in [-0.1, -0.05) is 56.0 Å². The van der Waals surface area contributed by atoms with Crippen molar-refractivity contribution in [2.75, 3.05) is 0 Å². The molecule has 2 rings (SSSR count). The topological polar surface area (TPSA) is 116 Å². The fourth-order valence-electron chi connectivity index (χ4n) is 3.78. The van der Waals surface area contributed by atoms with Crippen LogP contribution in [0.5, 0.6) is 0 Å². The zero-order valence-electron chi connectivity index (χ0n) is 14.6. The van der Waals surface area contributed by atoms with E-state index in [9.17, 15) is 15.0 Å². The van der Waals surface area contributed by atoms with Gasteiger partial charge >= 0.3 is 0 Å². The summed E-state index contributed by atoms with van der Waals surface area (Å²) < 4.78 is 0. The molecule has 1 aliphatic carbocycles. The lowest BCUT2D eigenvalue weighted by molar-refractivity contribution is -0.147. The largest absolute Gasteiger partial charge is 0.391 e. The van der Waals surface area contributed by atoms with Gasteiger partial charge in [0.05, 0.1) is 17.6 Å². The second kappa shape index (κ2) is 9.29. The Hall–Kier alpha value is -1.47. The SMILES string of the molecule is N[C@@H](Cc1ccccc1)[C@@H](O)C[C@H](C(=O)NO)C1(O)CCCCCC1. The highest BCUT2D eigenvalue weighted by Crippen LogP contribution is 2.36. The molecule has 1 aliphatic rings. The average molecular weight is 350 g/mol. The van der Waals surface area contributed by atoms with Crippen molar-refractivity contribution in [2.24, 2.45) is 11.7 Å². The van der Waals surface area contributed by atoms with Gasteiger partial charge in [0.1, 0.15) is 0 Å². The number of benzene rings is 1. The molecule has 0 radical (unpaired) electrons. The number of carbonyl (C=O) groups is 1. The molecule has 0 spiro atoms. The molecule has 1 amide bonds. The number of aliphatic hydroxyl groups is 2. The van der Waals surface area contributed by atoms with Crippen LogP contribution < -0.4 is 11.2 Å². The first kappa shape index (κ1) is 19.8. The van der Waals surface area contributed by atoms with Crippen molar-refractivity contribution in [1.29, 1.82) is 0 Å². The Bertz CT molecular complexity index is 529. The standard InChI is InChI=1S/C19H30N2O4/c20-16(12-14-8-4-3-5-9-14)17(22)13-15(18(23)21-25)19(24)10-6-1-2-7-11-19/h3-5,8-9,15-17,22,24-25H,1-2,6-7,10-13,20H2,(H,21,23)/t15-,16+,17+/m1/s1. The smallest absolute Gasteiger partial charge is 0.249 e. The highest BCUT2D eigenvalue weighted by Gasteiger charge is 2.42. The van der Waals surface area contributed by atoms with Crippen molar-refractivity contribution < 1.29 is 20.2 Å². The third-order valence-electron chi connectivity index (χ3n) is 5.33. The second-order valence-electron chi connectivity index (χ2n) is 7.20. The Kier molecular flexibility index (Phi) is 7.38. The molecule has 3 atom stereocenters. The average Bonchev–Trinajstić information content (AvgIpc) is 2.84. The van der Waals surface area contributed by atoms with Crippen LogP contribution >= 0.6 is 0 Å². The third-order valence-corrected chi connectivity index (χ3v) is 5.33. The Morgan fingerprint density at radius 2 is 1.76 bits per heavy atom. The molecular formula is C19H30N2O4. The minimum atomic E-state index is -1.21. The molecule has 25 heavy (non-hydrogen) atoms. The van der Waals surface area contributed by atoms with E-state index in [4.69, 9.17) is 10.9 Å². The van der Waals surface area contributed by atoms with Crippen molar-refractivity contribution in [1.82, 2.24) is 5.48 Å². The second-order valence-corrected chi connectivity index (χ2v) is 7.20. The van der Waals surface area contributed by atoms with Gasteiger partial charge in [-0.25, -0.2) is 5.48 Å². The van der Waals surface area contributed by atoms with Gasteiger partial charge in [-0.2, -0.15) is 0 Å². The first-order chi connectivity index (χ1) is 12.0. The molecule has 6 N–H and O–H groups in total. The van der Waals surface area contributed by atoms with E-state index in [1.807, 2.05) is 30.3 Å². The molecule has 0 bridgehead atoms. The predicted octanol–water partition coefficient (Wildman–Crippen LogP) is 1.51. The summed E-state index contributed by atoms with van der Waals surface area (Å²) >= 11 is 0. The van der Waals surface area contributed by atoms with Gasteiger partial charge in [0.2, 0.25) is 5.91 Å². The maximum atomic E-state index is 12.2. The molecule has 6 nitrogen and oxygen atoms in total. The lowest BCUT2D eigenvalue weighted by atomic mass is 9.76. The van der Waals surface area contributed by atoms with Crippen molar-refractivity contribution in [3.63, 3.8) is 0 Å². The molecule has 0 aliphatic heterocycles. The molecule has 6 heteroatoms. The Labute approximate surface area is 149 Å². The normalized spacial score (nSPS) is 21.0. The summed E-state index contributed by atoms with van der Waals surface area (Å²) in [7, 11) is 0. The summed E-state index contributed by atoms with van der Waals surface area (Å²) in [5.41, 5.74) is 7.56. The maximum Gasteiger partial charge on any atom is 0.249 e. The van der Waals surface area contributed by atoms with Crippen LogP contribution in [0.15, 0.2) is 30.3 Å². The number of nitrogens with one attached hydrogen (secondary N) is 1. The van der Waals surface area contributed by atoms with E-state index in [2.05, 4.69) is 0 Å². The number of nitrogens with two attached hydrogens (primary N) is 1. The predicted molar refractivity (Wildman–Crippen MR) is 94.8 cm³/mol. The monoisotopic (exact) mass is 350 g/mol. The number of hydrogen-bond acceptors (Lipinski definition) is 5. The van der Waals surface area contributed by atoms with Gasteiger partial charge in [0.15, 0.2) is 0 Å². The molecule has 0 saturated heterocycles. The van der Waals surface area contributed by atoms with Gasteiger partial charge < -0.3 is 15.9 Å². The van der Waals surface area contributed by atoms with Gasteiger partial charge in [-0.3, -0.25) is 10.0 Å². The number of hydrogen-bond donors (Lipinski definition) is 5. The zero-order chi connectivity index (χ0) is 18.3. The highest BCUT2D eigenvalue weighted by molar-refractivity contribution is 5.78. The fraction of sp³-hybridized carbons (Fsp3) is 0.632. The van der Waals surface area contributed by atoms with Gasteiger partial charge in [0.25, 0.3) is 0 Å². The van der Waals surface area contributed by atoms with Gasteiger partial charge in [-0.15, -0.1) is 0 Å². The Morgan fingerprint density at radius 1 is 1.16 bits per heavy atom. The molecule has 0 unspecified atom stereocenters. The Balaban J connectivity index is 2.06. The molecular weight excluding hydrogens is 320 g/mol. The first-order valence-electron chi connectivity index (χ1n) is 9.10. The summed E-state index contributed by atoms with van der Waals surface area (Å²) in [6.07, 6.45) is 4.24. The van der Waals surface area contributed by atoms with Crippen LogP contribution in [0.3, 0.4) is 0 Å². The number of amides is 1. The van der Waals surface area contributed by atoms with E-state index >= 15 is 0 Å². The van der Waals surface area contributed by atoms with E-state index < -0.39 is 29.6 Å². The quantitative estimate of drug-likeness (QED) is 0.290. The summed E-state index contributed by atoms with van der Waals surface area (Å²) in [5, 5.41) is 30.6. The number of rotatable bonds is 7. The summed E-state index contributed by atoms with van der Waals surface area (Å²) in [6, 6.07) is 9.04. The summed E-state index contributed by atoms with van der Waals surface area (Å²) in [6.45, 7) is 0. The highest BCUT2D eigenvalue weighted by atomic mass is 16.5. The lowest BCUT2D eigenvalue weighted by Crippen LogP contribution is -2.50. The van der Waals surface area contributed by atoms with Gasteiger partial charge in [-0.05, 0) is 31.2 Å². The van der Waals surface area contributed by atoms with E-state index in [0.717, 1.165) is 31.2 Å². The molecule has 140 valence electrons. The van der Waals surface area contributed by atoms with Crippen LogP contribution in [-0.2, 0) is 11.2 Å². The first-order valence-corrected chi connectivity index (χ1v) is 9.10. The molecule has 1 saturated carbocycles. The van der Waals surface area contributed by atoms with Crippen LogP contribution in [-0.4, -0.2) is 39.1 Å². The molecule has 0 aromatic heterocycles. The minimum absolute atomic E-state index is 0.0247. The zero-order valence-corrected chi connectivity index (χ0v) is 14.6. The summed E-state index contributed by atoms with van der Waals surface area (Å²) in [5.74, 6) is -1.54. The molecule has 1 fully saturated rings. The Morgan fingerprint density at radius 3 is 2.32 bits per heavy atom. The van der Waals surface area contributed by atoms with Crippen molar-refractivity contribution in [3.05, 3.63) is 35.9 Å². The molecule has 0 heterocycles. The lowest BCUT2D eigenvalue weighted by Gasteiger charge is -2.36. The number of aliphatic hydroxyl groups excluding tert-OH is 1. The van der Waals surface area contributed by atoms with Crippen molar-refractivity contribution in [3.8, 4) is 0 Å². The van der Waals surface area contributed by atoms with Gasteiger partial charge in [0, 0.05) is 6.04 Å². The van der Waals surface area contributed by atoms with Crippen LogP contribution in [0.2, 0.25) is 0 Å². The van der Waals surface area contributed by atoms with E-state index in [1.165, 1.54) is 0 Å². The van der Waals surface area contributed by atoms with Crippen LogP contribution in [0.4, 0.5) is 0 Å². The van der Waals surface area contributed by atoms with E-state index in [0.29, 0.717) is 19.3 Å².